The van der Waals surface area contributed by atoms with Gasteiger partial charge in [0, 0.05) is 24.7 Å². The van der Waals surface area contributed by atoms with Crippen LogP contribution in [0.4, 0.5) is 0 Å². The van der Waals surface area contributed by atoms with Crippen molar-refractivity contribution in [1.29, 1.82) is 0 Å². The van der Waals surface area contributed by atoms with Crippen molar-refractivity contribution < 1.29 is 10.0 Å². The van der Waals surface area contributed by atoms with E-state index < -0.39 is 5.91 Å². The molecule has 25 heavy (non-hydrogen) atoms. The van der Waals surface area contributed by atoms with E-state index >= 15 is 0 Å². The third kappa shape index (κ3) is 3.01. The Hall–Kier alpha value is -2.70. The summed E-state index contributed by atoms with van der Waals surface area (Å²) < 4.78 is 1.76. The molecule has 4 rings (SSSR count). The molecule has 1 aliphatic rings. The van der Waals surface area contributed by atoms with Gasteiger partial charge < -0.3 is 10.9 Å². The number of piperidine rings is 1. The smallest absolute Gasteiger partial charge is 0.250 e. The van der Waals surface area contributed by atoms with Crippen LogP contribution in [0.15, 0.2) is 48.7 Å². The second-order valence-corrected chi connectivity index (χ2v) is 6.52. The topological polar surface area (TPSA) is 84.4 Å². The lowest BCUT2D eigenvalue weighted by molar-refractivity contribution is -0.108. The number of aromatic nitrogens is 2. The minimum absolute atomic E-state index is 0.353. The summed E-state index contributed by atoms with van der Waals surface area (Å²) >= 11 is 0. The molecule has 0 unspecified atom stereocenters. The van der Waals surface area contributed by atoms with Crippen LogP contribution >= 0.6 is 0 Å². The van der Waals surface area contributed by atoms with Crippen LogP contribution in [-0.2, 0) is 0 Å². The standard InChI is InChI=1S/C19H20N4O2/c20-19(24)17-5-1-3-15-12-23(21-18(15)17)16-8-6-13(7-9-16)14-4-2-10-22(25)11-14/h1,3,5-9,12,14,25H,2,4,10-11H2,(H2,20,24)/t14-/m1/s1. The molecular formula is C19H20N4O2. The normalized spacial score (nSPS) is 18.5. The molecule has 3 aromatic rings. The van der Waals surface area contributed by atoms with Crippen LogP contribution in [0.25, 0.3) is 16.6 Å². The van der Waals surface area contributed by atoms with Crippen molar-refractivity contribution in [2.24, 2.45) is 5.73 Å². The van der Waals surface area contributed by atoms with Crippen LogP contribution in [0.5, 0.6) is 0 Å². The van der Waals surface area contributed by atoms with Crippen LogP contribution in [0.2, 0.25) is 0 Å². The molecule has 1 fully saturated rings. The van der Waals surface area contributed by atoms with Crippen molar-refractivity contribution in [3.8, 4) is 5.69 Å². The van der Waals surface area contributed by atoms with Gasteiger partial charge in [-0.3, -0.25) is 4.79 Å². The molecule has 1 atom stereocenters. The fourth-order valence-corrected chi connectivity index (χ4v) is 3.51. The number of nitrogens with zero attached hydrogens (tertiary/aromatic N) is 3. The zero-order valence-corrected chi connectivity index (χ0v) is 13.8. The fraction of sp³-hybridized carbons (Fsp3) is 0.263. The molecule has 0 radical (unpaired) electrons. The molecule has 0 aliphatic carbocycles. The third-order valence-electron chi connectivity index (χ3n) is 4.83. The number of hydroxylamine groups is 2. The van der Waals surface area contributed by atoms with Gasteiger partial charge in [0.1, 0.15) is 5.52 Å². The van der Waals surface area contributed by atoms with E-state index in [-0.39, 0.29) is 0 Å². The van der Waals surface area contributed by atoms with Gasteiger partial charge in [-0.1, -0.05) is 24.3 Å². The molecule has 0 bridgehead atoms. The maximum absolute atomic E-state index is 11.6. The zero-order valence-electron chi connectivity index (χ0n) is 13.8. The molecule has 1 saturated heterocycles. The van der Waals surface area contributed by atoms with E-state index in [0.717, 1.165) is 30.5 Å². The average Bonchev–Trinajstić information content (AvgIpc) is 3.06. The quantitative estimate of drug-likeness (QED) is 0.770. The number of carbonyl (C=O) groups excluding carboxylic acids is 1. The van der Waals surface area contributed by atoms with Crippen LogP contribution < -0.4 is 5.73 Å². The molecule has 2 heterocycles. The number of hydrogen-bond acceptors (Lipinski definition) is 4. The van der Waals surface area contributed by atoms with Gasteiger partial charge in [0.25, 0.3) is 5.91 Å². The van der Waals surface area contributed by atoms with Gasteiger partial charge in [0.2, 0.25) is 0 Å². The first-order chi connectivity index (χ1) is 12.1. The van der Waals surface area contributed by atoms with Gasteiger partial charge in [-0.2, -0.15) is 10.2 Å². The number of benzene rings is 2. The Balaban J connectivity index is 1.65. The van der Waals surface area contributed by atoms with Gasteiger partial charge in [-0.25, -0.2) is 4.68 Å². The monoisotopic (exact) mass is 336 g/mol. The highest BCUT2D eigenvalue weighted by Crippen LogP contribution is 2.27. The Kier molecular flexibility index (Phi) is 3.99. The van der Waals surface area contributed by atoms with Crippen LogP contribution in [0.3, 0.4) is 0 Å². The highest BCUT2D eigenvalue weighted by molar-refractivity contribution is 6.04. The number of carbonyl (C=O) groups is 1. The largest absolute Gasteiger partial charge is 0.366 e. The van der Waals surface area contributed by atoms with E-state index in [1.807, 2.05) is 24.4 Å². The Labute approximate surface area is 145 Å². The highest BCUT2D eigenvalue weighted by atomic mass is 16.5. The predicted octanol–water partition coefficient (Wildman–Crippen LogP) is 2.69. The lowest BCUT2D eigenvalue weighted by Crippen LogP contribution is -2.31. The Morgan fingerprint density at radius 2 is 2.00 bits per heavy atom. The minimum Gasteiger partial charge on any atom is -0.366 e. The van der Waals surface area contributed by atoms with Crippen LogP contribution in [0, 0.1) is 0 Å². The number of amides is 1. The number of primary amides is 1. The maximum Gasteiger partial charge on any atom is 0.250 e. The van der Waals surface area contributed by atoms with Gasteiger partial charge in [-0.15, -0.1) is 0 Å². The number of hydrogen-bond donors (Lipinski definition) is 2. The summed E-state index contributed by atoms with van der Waals surface area (Å²) in [7, 11) is 0. The molecule has 3 N–H and O–H groups in total. The summed E-state index contributed by atoms with van der Waals surface area (Å²) in [6.07, 6.45) is 3.99. The summed E-state index contributed by atoms with van der Waals surface area (Å²) in [5.74, 6) is -0.122. The number of rotatable bonds is 3. The fourth-order valence-electron chi connectivity index (χ4n) is 3.51. The van der Waals surface area contributed by atoms with Crippen molar-refractivity contribution in [1.82, 2.24) is 14.8 Å². The Morgan fingerprint density at radius 1 is 1.20 bits per heavy atom. The highest BCUT2D eigenvalue weighted by Gasteiger charge is 2.20. The summed E-state index contributed by atoms with van der Waals surface area (Å²) in [5.41, 5.74) is 8.61. The second-order valence-electron chi connectivity index (χ2n) is 6.52. The molecule has 1 aromatic heterocycles. The van der Waals surface area contributed by atoms with E-state index in [2.05, 4.69) is 17.2 Å². The van der Waals surface area contributed by atoms with E-state index in [1.54, 1.807) is 16.8 Å². The maximum atomic E-state index is 11.6. The van der Waals surface area contributed by atoms with E-state index in [0.29, 0.717) is 23.5 Å². The minimum atomic E-state index is -0.475. The summed E-state index contributed by atoms with van der Waals surface area (Å²) in [4.78, 5) is 11.6. The molecule has 1 amide bonds. The van der Waals surface area contributed by atoms with Crippen molar-refractivity contribution in [2.75, 3.05) is 13.1 Å². The summed E-state index contributed by atoms with van der Waals surface area (Å²) in [6, 6.07) is 13.6. The third-order valence-corrected chi connectivity index (χ3v) is 4.83. The molecule has 128 valence electrons. The number of fused-ring (bicyclic) bond motifs is 1. The van der Waals surface area contributed by atoms with Gasteiger partial charge in [0.05, 0.1) is 11.3 Å². The first-order valence-corrected chi connectivity index (χ1v) is 8.44. The molecule has 0 spiro atoms. The van der Waals surface area contributed by atoms with E-state index in [9.17, 15) is 10.0 Å². The number of nitrogens with two attached hydrogens (primary N) is 1. The van der Waals surface area contributed by atoms with Gasteiger partial charge in [0.15, 0.2) is 0 Å². The van der Waals surface area contributed by atoms with E-state index in [1.165, 1.54) is 10.6 Å². The average molecular weight is 336 g/mol. The van der Waals surface area contributed by atoms with Crippen molar-refractivity contribution in [3.05, 3.63) is 59.8 Å². The van der Waals surface area contributed by atoms with E-state index in [4.69, 9.17) is 5.73 Å². The second kappa shape index (κ2) is 6.31. The first-order valence-electron chi connectivity index (χ1n) is 8.44. The van der Waals surface area contributed by atoms with Crippen LogP contribution in [0.1, 0.15) is 34.7 Å². The van der Waals surface area contributed by atoms with Crippen molar-refractivity contribution in [3.63, 3.8) is 0 Å². The zero-order chi connectivity index (χ0) is 17.4. The van der Waals surface area contributed by atoms with Gasteiger partial charge >= 0.3 is 0 Å². The van der Waals surface area contributed by atoms with Crippen molar-refractivity contribution in [2.45, 2.75) is 18.8 Å². The lowest BCUT2D eigenvalue weighted by Gasteiger charge is -2.28. The summed E-state index contributed by atoms with van der Waals surface area (Å²) in [6.45, 7) is 1.42. The first kappa shape index (κ1) is 15.8. The SMILES string of the molecule is NC(=O)c1cccc2cn(-c3ccc([C@@H]4CCCN(O)C4)cc3)nc12. The van der Waals surface area contributed by atoms with Crippen molar-refractivity contribution >= 4 is 16.8 Å². The summed E-state index contributed by atoms with van der Waals surface area (Å²) in [5, 5.41) is 16.5. The predicted molar refractivity (Wildman–Crippen MR) is 94.9 cm³/mol. The van der Waals surface area contributed by atoms with Crippen LogP contribution in [-0.4, -0.2) is 39.0 Å². The molecule has 6 nitrogen and oxygen atoms in total. The lowest BCUT2D eigenvalue weighted by atomic mass is 9.91. The van der Waals surface area contributed by atoms with Gasteiger partial charge in [-0.05, 0) is 42.5 Å². The molecule has 6 heteroatoms. The molecule has 2 aromatic carbocycles. The molecular weight excluding hydrogens is 316 g/mol. The Bertz CT molecular complexity index is 917. The molecule has 0 saturated carbocycles. The Morgan fingerprint density at radius 3 is 2.72 bits per heavy atom. The molecule has 1 aliphatic heterocycles.